The molecule has 2 aliphatic heterocycles. The minimum absolute atomic E-state index is 0.0206. The third-order valence-corrected chi connectivity index (χ3v) is 4.96. The van der Waals surface area contributed by atoms with Gasteiger partial charge in [-0.25, -0.2) is 0 Å². The second-order valence-electron chi connectivity index (χ2n) is 6.03. The number of nitrogens with zero attached hydrogens (tertiary/aromatic N) is 1. The van der Waals surface area contributed by atoms with Crippen LogP contribution >= 0.6 is 11.6 Å². The number of benzene rings is 1. The molecule has 1 aromatic carbocycles. The lowest BCUT2D eigenvalue weighted by Gasteiger charge is -2.15. The summed E-state index contributed by atoms with van der Waals surface area (Å²) in [6.07, 6.45) is 0. The van der Waals surface area contributed by atoms with Crippen LogP contribution in [0.15, 0.2) is 40.8 Å². The lowest BCUT2D eigenvalue weighted by Crippen LogP contribution is -2.31. The maximum Gasteiger partial charge on any atom is 0.289 e. The number of rotatable bonds is 2. The van der Waals surface area contributed by atoms with E-state index in [2.05, 4.69) is 5.32 Å². The predicted octanol–water partition coefficient (Wildman–Crippen LogP) is 2.89. The second-order valence-corrected chi connectivity index (χ2v) is 6.44. The van der Waals surface area contributed by atoms with Crippen LogP contribution in [0.3, 0.4) is 0 Å². The van der Waals surface area contributed by atoms with Gasteiger partial charge >= 0.3 is 0 Å². The van der Waals surface area contributed by atoms with E-state index in [9.17, 15) is 4.79 Å². The highest BCUT2D eigenvalue weighted by atomic mass is 35.5. The van der Waals surface area contributed by atoms with Gasteiger partial charge < -0.3 is 14.6 Å². The summed E-state index contributed by atoms with van der Waals surface area (Å²) in [6, 6.07) is 11.0. The van der Waals surface area contributed by atoms with Gasteiger partial charge in [-0.2, -0.15) is 0 Å². The number of furan rings is 1. The van der Waals surface area contributed by atoms with Gasteiger partial charge in [0.05, 0.1) is 5.02 Å². The molecule has 2 aliphatic rings. The van der Waals surface area contributed by atoms with Gasteiger partial charge in [0.25, 0.3) is 5.91 Å². The summed E-state index contributed by atoms with van der Waals surface area (Å²) in [5.74, 6) is 2.18. The quantitative estimate of drug-likeness (QED) is 0.926. The summed E-state index contributed by atoms with van der Waals surface area (Å²) in [7, 11) is 0. The molecule has 2 atom stereocenters. The normalized spacial score (nSPS) is 23.8. The van der Waals surface area contributed by atoms with Crippen molar-refractivity contribution < 1.29 is 9.21 Å². The van der Waals surface area contributed by atoms with E-state index in [0.717, 1.165) is 31.7 Å². The Kier molecular flexibility index (Phi) is 3.43. The molecule has 4 rings (SSSR count). The van der Waals surface area contributed by atoms with E-state index < -0.39 is 0 Å². The standard InChI is InChI=1S/C17H17ClN2O2/c18-14-4-2-1-3-13(14)15-5-6-16(22-15)17(21)20-9-11-7-19-8-12(11)10-20/h1-6,11-12,19H,7-10H2/t11-,12+. The molecule has 3 heterocycles. The summed E-state index contributed by atoms with van der Waals surface area (Å²) >= 11 is 6.18. The first kappa shape index (κ1) is 13.9. The van der Waals surface area contributed by atoms with Crippen LogP contribution in [0.25, 0.3) is 11.3 Å². The maximum atomic E-state index is 12.6. The smallest absolute Gasteiger partial charge is 0.289 e. The van der Waals surface area contributed by atoms with E-state index >= 15 is 0 Å². The number of likely N-dealkylation sites (tertiary alicyclic amines) is 1. The fourth-order valence-electron chi connectivity index (χ4n) is 3.44. The zero-order valence-electron chi connectivity index (χ0n) is 12.1. The Hall–Kier alpha value is -1.78. The van der Waals surface area contributed by atoms with Crippen LogP contribution in [0.4, 0.5) is 0 Å². The molecular weight excluding hydrogens is 300 g/mol. The molecular formula is C17H17ClN2O2. The molecule has 1 amide bonds. The average Bonchev–Trinajstić information content (AvgIpc) is 3.22. The summed E-state index contributed by atoms with van der Waals surface area (Å²) in [4.78, 5) is 14.5. The highest BCUT2D eigenvalue weighted by Crippen LogP contribution is 2.31. The molecule has 2 saturated heterocycles. The van der Waals surface area contributed by atoms with Crippen LogP contribution in [-0.2, 0) is 0 Å². The van der Waals surface area contributed by atoms with Crippen molar-refractivity contribution in [2.24, 2.45) is 11.8 Å². The molecule has 0 saturated carbocycles. The lowest BCUT2D eigenvalue weighted by atomic mass is 10.0. The highest BCUT2D eigenvalue weighted by molar-refractivity contribution is 6.33. The summed E-state index contributed by atoms with van der Waals surface area (Å²) < 4.78 is 5.76. The first-order chi connectivity index (χ1) is 10.7. The molecule has 4 nitrogen and oxygen atoms in total. The number of fused-ring (bicyclic) bond motifs is 1. The maximum absolute atomic E-state index is 12.6. The van der Waals surface area contributed by atoms with Crippen LogP contribution < -0.4 is 5.32 Å². The van der Waals surface area contributed by atoms with Crippen LogP contribution in [-0.4, -0.2) is 37.0 Å². The van der Waals surface area contributed by atoms with Gasteiger partial charge in [-0.3, -0.25) is 4.79 Å². The average molecular weight is 317 g/mol. The molecule has 0 aliphatic carbocycles. The molecule has 5 heteroatoms. The van der Waals surface area contributed by atoms with Crippen molar-refractivity contribution >= 4 is 17.5 Å². The number of carbonyl (C=O) groups excluding carboxylic acids is 1. The molecule has 0 spiro atoms. The number of hydrogen-bond acceptors (Lipinski definition) is 3. The Balaban J connectivity index is 1.54. The van der Waals surface area contributed by atoms with Crippen LogP contribution in [0.1, 0.15) is 10.6 Å². The van der Waals surface area contributed by atoms with Gasteiger partial charge in [-0.1, -0.05) is 23.7 Å². The SMILES string of the molecule is O=C(c1ccc(-c2ccccc2Cl)o1)N1C[C@H]2CNC[C@H]2C1. The largest absolute Gasteiger partial charge is 0.451 e. The number of halogens is 1. The van der Waals surface area contributed by atoms with Crippen molar-refractivity contribution in [3.05, 3.63) is 47.2 Å². The van der Waals surface area contributed by atoms with E-state index in [1.165, 1.54) is 0 Å². The van der Waals surface area contributed by atoms with Crippen LogP contribution in [0, 0.1) is 11.8 Å². The molecule has 1 N–H and O–H groups in total. The van der Waals surface area contributed by atoms with Gasteiger partial charge in [-0.15, -0.1) is 0 Å². The highest BCUT2D eigenvalue weighted by Gasteiger charge is 2.38. The van der Waals surface area contributed by atoms with Gasteiger partial charge in [-0.05, 0) is 36.1 Å². The zero-order valence-corrected chi connectivity index (χ0v) is 12.8. The molecule has 0 unspecified atom stereocenters. The Morgan fingerprint density at radius 2 is 1.86 bits per heavy atom. The van der Waals surface area contributed by atoms with Crippen molar-refractivity contribution in [3.63, 3.8) is 0 Å². The fourth-order valence-corrected chi connectivity index (χ4v) is 3.66. The van der Waals surface area contributed by atoms with Gasteiger partial charge in [0.2, 0.25) is 0 Å². The second kappa shape index (κ2) is 5.45. The third kappa shape index (κ3) is 2.32. The van der Waals surface area contributed by atoms with Crippen molar-refractivity contribution in [2.75, 3.05) is 26.2 Å². The molecule has 0 radical (unpaired) electrons. The molecule has 2 fully saturated rings. The van der Waals surface area contributed by atoms with Gasteiger partial charge in [0.1, 0.15) is 5.76 Å². The Morgan fingerprint density at radius 3 is 2.59 bits per heavy atom. The van der Waals surface area contributed by atoms with E-state index in [0.29, 0.717) is 28.4 Å². The monoisotopic (exact) mass is 316 g/mol. The van der Waals surface area contributed by atoms with Crippen molar-refractivity contribution in [2.45, 2.75) is 0 Å². The molecule has 22 heavy (non-hydrogen) atoms. The summed E-state index contributed by atoms with van der Waals surface area (Å²) in [5.41, 5.74) is 0.811. The molecule has 114 valence electrons. The van der Waals surface area contributed by atoms with E-state index in [1.54, 1.807) is 6.07 Å². The van der Waals surface area contributed by atoms with Crippen molar-refractivity contribution in [1.29, 1.82) is 0 Å². The van der Waals surface area contributed by atoms with Crippen LogP contribution in [0.2, 0.25) is 5.02 Å². The van der Waals surface area contributed by atoms with Crippen LogP contribution in [0.5, 0.6) is 0 Å². The number of carbonyl (C=O) groups is 1. The Bertz CT molecular complexity index is 700. The zero-order chi connectivity index (χ0) is 15.1. The van der Waals surface area contributed by atoms with E-state index in [-0.39, 0.29) is 5.91 Å². The van der Waals surface area contributed by atoms with E-state index in [4.69, 9.17) is 16.0 Å². The lowest BCUT2D eigenvalue weighted by molar-refractivity contribution is 0.0751. The topological polar surface area (TPSA) is 45.5 Å². The Labute approximate surface area is 134 Å². The van der Waals surface area contributed by atoms with Crippen molar-refractivity contribution in [1.82, 2.24) is 10.2 Å². The first-order valence-electron chi connectivity index (χ1n) is 7.57. The predicted molar refractivity (Wildman–Crippen MR) is 84.9 cm³/mol. The van der Waals surface area contributed by atoms with Gasteiger partial charge in [0, 0.05) is 31.7 Å². The van der Waals surface area contributed by atoms with E-state index in [1.807, 2.05) is 35.2 Å². The molecule has 1 aromatic heterocycles. The summed E-state index contributed by atoms with van der Waals surface area (Å²) in [5, 5.41) is 4.00. The number of hydrogen-bond donors (Lipinski definition) is 1. The minimum Gasteiger partial charge on any atom is -0.451 e. The summed E-state index contributed by atoms with van der Waals surface area (Å²) in [6.45, 7) is 3.66. The number of amides is 1. The Morgan fingerprint density at radius 1 is 1.14 bits per heavy atom. The molecule has 0 bridgehead atoms. The third-order valence-electron chi connectivity index (χ3n) is 4.63. The fraction of sp³-hybridized carbons (Fsp3) is 0.353. The first-order valence-corrected chi connectivity index (χ1v) is 7.95. The van der Waals surface area contributed by atoms with Gasteiger partial charge in [0.15, 0.2) is 5.76 Å². The minimum atomic E-state index is -0.0206. The van der Waals surface area contributed by atoms with Crippen molar-refractivity contribution in [3.8, 4) is 11.3 Å². The molecule has 2 aromatic rings. The number of nitrogens with one attached hydrogen (secondary N) is 1.